The minimum absolute atomic E-state index is 0.000573. The van der Waals surface area contributed by atoms with Crippen LogP contribution in [-0.2, 0) is 6.42 Å². The second-order valence-corrected chi connectivity index (χ2v) is 4.53. The average molecular weight is 253 g/mol. The summed E-state index contributed by atoms with van der Waals surface area (Å²) in [5.41, 5.74) is 3.23. The maximum atomic E-state index is 9.95. The molecular formula is C15H15N3O. The Bertz CT molecular complexity index is 661. The SMILES string of the molecule is CCCc1nc(O)c2nc(-c3ccccc3)cc-2[nH]1. The van der Waals surface area contributed by atoms with Gasteiger partial charge in [0, 0.05) is 12.0 Å². The van der Waals surface area contributed by atoms with E-state index in [1.54, 1.807) is 0 Å². The summed E-state index contributed by atoms with van der Waals surface area (Å²) in [7, 11) is 0. The highest BCUT2D eigenvalue weighted by Gasteiger charge is 2.17. The third-order valence-electron chi connectivity index (χ3n) is 3.06. The van der Waals surface area contributed by atoms with Crippen LogP contribution in [-0.4, -0.2) is 20.1 Å². The van der Waals surface area contributed by atoms with Gasteiger partial charge in [-0.3, -0.25) is 0 Å². The molecule has 1 aromatic rings. The Hall–Kier alpha value is -2.36. The Morgan fingerprint density at radius 1 is 1.16 bits per heavy atom. The van der Waals surface area contributed by atoms with Gasteiger partial charge in [-0.2, -0.15) is 4.98 Å². The van der Waals surface area contributed by atoms with Crippen molar-refractivity contribution in [3.8, 4) is 28.5 Å². The third-order valence-corrected chi connectivity index (χ3v) is 3.06. The molecule has 0 radical (unpaired) electrons. The number of aromatic amines is 1. The summed E-state index contributed by atoms with van der Waals surface area (Å²) >= 11 is 0. The summed E-state index contributed by atoms with van der Waals surface area (Å²) in [4.78, 5) is 11.8. The first-order valence-electron chi connectivity index (χ1n) is 6.42. The molecule has 96 valence electrons. The lowest BCUT2D eigenvalue weighted by Crippen LogP contribution is -1.97. The van der Waals surface area contributed by atoms with E-state index in [-0.39, 0.29) is 5.88 Å². The zero-order valence-electron chi connectivity index (χ0n) is 10.7. The van der Waals surface area contributed by atoms with Crippen LogP contribution in [0.5, 0.6) is 5.88 Å². The van der Waals surface area contributed by atoms with Crippen molar-refractivity contribution in [3.05, 3.63) is 42.2 Å². The number of benzene rings is 1. The first kappa shape index (κ1) is 11.7. The zero-order valence-corrected chi connectivity index (χ0v) is 10.7. The van der Waals surface area contributed by atoms with Crippen LogP contribution < -0.4 is 0 Å². The molecule has 2 aliphatic heterocycles. The predicted octanol–water partition coefficient (Wildman–Crippen LogP) is 3.23. The van der Waals surface area contributed by atoms with Crippen LogP contribution in [0.4, 0.5) is 0 Å². The smallest absolute Gasteiger partial charge is 0.241 e. The molecule has 0 spiro atoms. The first-order valence-corrected chi connectivity index (χ1v) is 6.42. The largest absolute Gasteiger partial charge is 0.492 e. The molecule has 3 rings (SSSR count). The van der Waals surface area contributed by atoms with Crippen molar-refractivity contribution in [2.75, 3.05) is 0 Å². The van der Waals surface area contributed by atoms with Gasteiger partial charge in [0.2, 0.25) is 5.88 Å². The third kappa shape index (κ3) is 2.17. The number of nitrogens with zero attached hydrogens (tertiary/aromatic N) is 2. The standard InChI is InChI=1S/C15H15N3O/c1-2-6-13-16-12-9-11(10-7-4-3-5-8-10)17-14(12)15(19)18-13/h3-5,7-9,19H,2,6H2,1H3,(H,16,18). The molecule has 0 aliphatic carbocycles. The molecule has 0 saturated heterocycles. The van der Waals surface area contributed by atoms with E-state index < -0.39 is 0 Å². The second kappa shape index (κ2) is 4.72. The summed E-state index contributed by atoms with van der Waals surface area (Å²) in [6.45, 7) is 2.08. The van der Waals surface area contributed by atoms with Crippen LogP contribution in [0.1, 0.15) is 19.2 Å². The fraction of sp³-hybridized carbons (Fsp3) is 0.200. The summed E-state index contributed by atoms with van der Waals surface area (Å²) < 4.78 is 0. The van der Waals surface area contributed by atoms with Crippen LogP contribution in [0.15, 0.2) is 36.4 Å². The lowest BCUT2D eigenvalue weighted by Gasteiger charge is -2.04. The van der Waals surface area contributed by atoms with Gasteiger partial charge in [0.15, 0.2) is 0 Å². The molecule has 2 N–H and O–H groups in total. The Balaban J connectivity index is 2.11. The number of fused-ring (bicyclic) bond motifs is 1. The monoisotopic (exact) mass is 253 g/mol. The van der Waals surface area contributed by atoms with Gasteiger partial charge in [0.25, 0.3) is 0 Å². The van der Waals surface area contributed by atoms with Crippen LogP contribution in [0.25, 0.3) is 22.6 Å². The number of hydrogen-bond acceptors (Lipinski definition) is 3. The van der Waals surface area contributed by atoms with Gasteiger partial charge >= 0.3 is 0 Å². The van der Waals surface area contributed by atoms with Gasteiger partial charge < -0.3 is 10.1 Å². The lowest BCUT2D eigenvalue weighted by atomic mass is 10.1. The maximum absolute atomic E-state index is 9.95. The Morgan fingerprint density at radius 2 is 1.95 bits per heavy atom. The molecule has 0 amide bonds. The van der Waals surface area contributed by atoms with Crippen molar-refractivity contribution >= 4 is 0 Å². The number of aromatic hydroxyl groups is 1. The molecule has 4 heteroatoms. The summed E-state index contributed by atoms with van der Waals surface area (Å²) in [6, 6.07) is 11.9. The molecule has 4 nitrogen and oxygen atoms in total. The molecule has 0 unspecified atom stereocenters. The van der Waals surface area contributed by atoms with Crippen LogP contribution >= 0.6 is 0 Å². The molecule has 2 aliphatic rings. The molecule has 1 aromatic carbocycles. The number of hydrogen-bond donors (Lipinski definition) is 2. The van der Waals surface area contributed by atoms with Crippen molar-refractivity contribution in [2.24, 2.45) is 0 Å². The molecule has 0 atom stereocenters. The van der Waals surface area contributed by atoms with Crippen molar-refractivity contribution < 1.29 is 5.11 Å². The normalized spacial score (nSPS) is 11.0. The molecule has 2 heterocycles. The molecule has 0 bridgehead atoms. The number of rotatable bonds is 3. The Kier molecular flexibility index (Phi) is 2.91. The number of nitrogens with one attached hydrogen (secondary N) is 1. The maximum Gasteiger partial charge on any atom is 0.241 e. The van der Waals surface area contributed by atoms with Crippen molar-refractivity contribution in [1.29, 1.82) is 0 Å². The van der Waals surface area contributed by atoms with Crippen molar-refractivity contribution in [3.63, 3.8) is 0 Å². The highest BCUT2D eigenvalue weighted by molar-refractivity contribution is 5.73. The fourth-order valence-electron chi connectivity index (χ4n) is 2.16. The van der Waals surface area contributed by atoms with E-state index in [1.165, 1.54) is 0 Å². The van der Waals surface area contributed by atoms with Crippen LogP contribution in [0.3, 0.4) is 0 Å². The molecule has 19 heavy (non-hydrogen) atoms. The van der Waals surface area contributed by atoms with E-state index in [1.807, 2.05) is 36.4 Å². The number of H-pyrrole nitrogens is 1. The van der Waals surface area contributed by atoms with Gasteiger partial charge in [0.05, 0.1) is 11.4 Å². The summed E-state index contributed by atoms with van der Waals surface area (Å²) in [5.74, 6) is 0.791. The van der Waals surface area contributed by atoms with E-state index in [0.29, 0.717) is 5.69 Å². The van der Waals surface area contributed by atoms with Crippen LogP contribution in [0, 0.1) is 0 Å². The van der Waals surface area contributed by atoms with Gasteiger partial charge in [-0.15, -0.1) is 0 Å². The minimum Gasteiger partial charge on any atom is -0.492 e. The Morgan fingerprint density at radius 3 is 2.68 bits per heavy atom. The molecule has 0 fully saturated rings. The Labute approximate surface area is 111 Å². The zero-order chi connectivity index (χ0) is 13.2. The van der Waals surface area contributed by atoms with Crippen molar-refractivity contribution in [2.45, 2.75) is 19.8 Å². The minimum atomic E-state index is -0.000573. The quantitative estimate of drug-likeness (QED) is 0.753. The topological polar surface area (TPSA) is 61.8 Å². The predicted molar refractivity (Wildman–Crippen MR) is 74.1 cm³/mol. The van der Waals surface area contributed by atoms with Gasteiger partial charge in [-0.25, -0.2) is 4.98 Å². The van der Waals surface area contributed by atoms with E-state index in [2.05, 4.69) is 21.9 Å². The number of aryl methyl sites for hydroxylation is 1. The highest BCUT2D eigenvalue weighted by Crippen LogP contribution is 2.32. The molecule has 0 aromatic heterocycles. The molecule has 0 saturated carbocycles. The highest BCUT2D eigenvalue weighted by atomic mass is 16.3. The van der Waals surface area contributed by atoms with Crippen LogP contribution in [0.2, 0.25) is 0 Å². The summed E-state index contributed by atoms with van der Waals surface area (Å²) in [5, 5.41) is 9.95. The van der Waals surface area contributed by atoms with Gasteiger partial charge in [0.1, 0.15) is 11.5 Å². The average Bonchev–Trinajstić information content (AvgIpc) is 2.85. The van der Waals surface area contributed by atoms with E-state index in [4.69, 9.17) is 0 Å². The number of aromatic nitrogens is 3. The first-order chi connectivity index (χ1) is 9.28. The van der Waals surface area contributed by atoms with Crippen molar-refractivity contribution in [1.82, 2.24) is 15.0 Å². The summed E-state index contributed by atoms with van der Waals surface area (Å²) in [6.07, 6.45) is 1.80. The van der Waals surface area contributed by atoms with E-state index in [9.17, 15) is 5.11 Å². The van der Waals surface area contributed by atoms with E-state index in [0.717, 1.165) is 35.6 Å². The fourth-order valence-corrected chi connectivity index (χ4v) is 2.16. The van der Waals surface area contributed by atoms with Gasteiger partial charge in [-0.1, -0.05) is 37.3 Å². The second-order valence-electron chi connectivity index (χ2n) is 4.53. The molecular weight excluding hydrogens is 238 g/mol. The van der Waals surface area contributed by atoms with E-state index >= 15 is 0 Å². The lowest BCUT2D eigenvalue weighted by molar-refractivity contribution is 0.449. The van der Waals surface area contributed by atoms with Gasteiger partial charge in [-0.05, 0) is 12.5 Å².